The van der Waals surface area contributed by atoms with Crippen molar-refractivity contribution in [2.75, 3.05) is 0 Å². The minimum atomic E-state index is -1.29. The number of aromatic carboxylic acids is 1. The van der Waals surface area contributed by atoms with Crippen molar-refractivity contribution in [1.82, 2.24) is 0 Å². The van der Waals surface area contributed by atoms with Gasteiger partial charge in [-0.2, -0.15) is 0 Å². The summed E-state index contributed by atoms with van der Waals surface area (Å²) in [6.07, 6.45) is 0. The summed E-state index contributed by atoms with van der Waals surface area (Å²) in [5, 5.41) is 17.8. The second-order valence-corrected chi connectivity index (χ2v) is 3.55. The summed E-state index contributed by atoms with van der Waals surface area (Å²) in [4.78, 5) is 10.6. The molecule has 0 atom stereocenters. The highest BCUT2D eigenvalue weighted by atomic mass is 19.1. The number of hydrogen-bond donors (Lipinski definition) is 2. The second-order valence-electron chi connectivity index (χ2n) is 3.55. The third-order valence-corrected chi connectivity index (χ3v) is 2.40. The molecule has 0 aliphatic rings. The van der Waals surface area contributed by atoms with Gasteiger partial charge in [0, 0.05) is 0 Å². The van der Waals surface area contributed by atoms with Crippen molar-refractivity contribution < 1.29 is 19.4 Å². The van der Waals surface area contributed by atoms with Gasteiger partial charge in [0.25, 0.3) is 0 Å². The first-order valence-electron chi connectivity index (χ1n) is 4.90. The molecule has 17 heavy (non-hydrogen) atoms. The molecule has 2 aromatic carbocycles. The Morgan fingerprint density at radius 3 is 2.12 bits per heavy atom. The molecule has 0 aliphatic heterocycles. The molecule has 2 N–H and O–H groups in total. The summed E-state index contributed by atoms with van der Waals surface area (Å²) in [6.45, 7) is 0. The van der Waals surface area contributed by atoms with Gasteiger partial charge in [-0.25, -0.2) is 9.18 Å². The zero-order valence-electron chi connectivity index (χ0n) is 8.72. The lowest BCUT2D eigenvalue weighted by molar-refractivity contribution is 0.0692. The predicted molar refractivity (Wildman–Crippen MR) is 60.5 cm³/mol. The van der Waals surface area contributed by atoms with Gasteiger partial charge in [0.05, 0.1) is 5.56 Å². The fourth-order valence-corrected chi connectivity index (χ4v) is 1.52. The lowest BCUT2D eigenvalue weighted by Gasteiger charge is -2.04. The molecule has 0 fully saturated rings. The lowest BCUT2D eigenvalue weighted by Crippen LogP contribution is -2.00. The van der Waals surface area contributed by atoms with Gasteiger partial charge in [-0.15, -0.1) is 0 Å². The summed E-state index contributed by atoms with van der Waals surface area (Å²) in [5.74, 6) is -1.95. The lowest BCUT2D eigenvalue weighted by atomic mass is 10.0. The number of benzene rings is 2. The van der Waals surface area contributed by atoms with Crippen LogP contribution in [0.3, 0.4) is 0 Å². The number of halogens is 1. The van der Waals surface area contributed by atoms with E-state index in [4.69, 9.17) is 10.2 Å². The number of carboxylic acids is 1. The van der Waals surface area contributed by atoms with Crippen molar-refractivity contribution in [3.8, 4) is 16.9 Å². The molecule has 3 nitrogen and oxygen atoms in total. The smallest absolute Gasteiger partial charge is 0.338 e. The van der Waals surface area contributed by atoms with Crippen LogP contribution in [0, 0.1) is 5.82 Å². The molecule has 2 rings (SSSR count). The van der Waals surface area contributed by atoms with Gasteiger partial charge >= 0.3 is 5.97 Å². The molecular weight excluding hydrogens is 223 g/mol. The zero-order chi connectivity index (χ0) is 12.4. The predicted octanol–water partition coefficient (Wildman–Crippen LogP) is 2.90. The molecule has 0 radical (unpaired) electrons. The first kappa shape index (κ1) is 11.1. The van der Waals surface area contributed by atoms with Gasteiger partial charge in [-0.05, 0) is 35.4 Å². The normalized spacial score (nSPS) is 10.2. The Morgan fingerprint density at radius 1 is 1.00 bits per heavy atom. The third-order valence-electron chi connectivity index (χ3n) is 2.40. The molecule has 0 unspecified atom stereocenters. The van der Waals surface area contributed by atoms with Crippen LogP contribution in [0.15, 0.2) is 42.5 Å². The van der Waals surface area contributed by atoms with Crippen molar-refractivity contribution in [2.45, 2.75) is 0 Å². The van der Waals surface area contributed by atoms with Crippen LogP contribution in [-0.2, 0) is 0 Å². The molecule has 4 heteroatoms. The van der Waals surface area contributed by atoms with Gasteiger partial charge in [0.15, 0.2) is 0 Å². The van der Waals surface area contributed by atoms with Crippen molar-refractivity contribution in [2.24, 2.45) is 0 Å². The van der Waals surface area contributed by atoms with Crippen molar-refractivity contribution in [3.63, 3.8) is 0 Å². The molecule has 0 amide bonds. The summed E-state index contributed by atoms with van der Waals surface area (Å²) in [6, 6.07) is 10.1. The Bertz CT molecular complexity index is 561. The molecule has 86 valence electrons. The van der Waals surface area contributed by atoms with E-state index >= 15 is 0 Å². The summed E-state index contributed by atoms with van der Waals surface area (Å²) in [7, 11) is 0. The van der Waals surface area contributed by atoms with Gasteiger partial charge in [-0.1, -0.05) is 18.2 Å². The van der Waals surface area contributed by atoms with Crippen LogP contribution in [0.5, 0.6) is 5.75 Å². The Morgan fingerprint density at radius 2 is 1.59 bits per heavy atom. The number of carboxylic acid groups (broad SMARTS) is 1. The molecule has 0 saturated heterocycles. The average molecular weight is 232 g/mol. The fraction of sp³-hybridized carbons (Fsp3) is 0. The van der Waals surface area contributed by atoms with E-state index in [0.717, 1.165) is 6.07 Å². The van der Waals surface area contributed by atoms with E-state index in [9.17, 15) is 9.18 Å². The van der Waals surface area contributed by atoms with E-state index in [0.29, 0.717) is 11.1 Å². The van der Waals surface area contributed by atoms with Gasteiger partial charge in [0.2, 0.25) is 0 Å². The van der Waals surface area contributed by atoms with Crippen LogP contribution in [0.2, 0.25) is 0 Å². The van der Waals surface area contributed by atoms with E-state index in [1.807, 2.05) is 0 Å². The maximum atomic E-state index is 13.4. The molecular formula is C13H9FO3. The number of rotatable bonds is 2. The first-order valence-corrected chi connectivity index (χ1v) is 4.90. The molecule has 2 aromatic rings. The minimum absolute atomic E-state index is 0.122. The minimum Gasteiger partial charge on any atom is -0.508 e. The summed E-state index contributed by atoms with van der Waals surface area (Å²) < 4.78 is 13.4. The third kappa shape index (κ3) is 2.25. The number of aromatic hydroxyl groups is 1. The topological polar surface area (TPSA) is 57.5 Å². The second kappa shape index (κ2) is 4.25. The largest absolute Gasteiger partial charge is 0.508 e. The van der Waals surface area contributed by atoms with Crippen molar-refractivity contribution >= 4 is 5.97 Å². The number of phenols is 1. The van der Waals surface area contributed by atoms with Crippen molar-refractivity contribution in [1.29, 1.82) is 0 Å². The van der Waals surface area contributed by atoms with E-state index in [-0.39, 0.29) is 11.3 Å². The Balaban J connectivity index is 2.44. The van der Waals surface area contributed by atoms with Crippen LogP contribution in [0.1, 0.15) is 10.4 Å². The number of carbonyl (C=O) groups is 1. The highest BCUT2D eigenvalue weighted by Crippen LogP contribution is 2.23. The summed E-state index contributed by atoms with van der Waals surface area (Å²) >= 11 is 0. The van der Waals surface area contributed by atoms with Crippen LogP contribution in [0.25, 0.3) is 11.1 Å². The monoisotopic (exact) mass is 232 g/mol. The van der Waals surface area contributed by atoms with Crippen LogP contribution < -0.4 is 0 Å². The van der Waals surface area contributed by atoms with Crippen LogP contribution in [0.4, 0.5) is 4.39 Å². The summed E-state index contributed by atoms with van der Waals surface area (Å²) in [5.41, 5.74) is 0.915. The highest BCUT2D eigenvalue weighted by Gasteiger charge is 2.10. The quantitative estimate of drug-likeness (QED) is 0.836. The van der Waals surface area contributed by atoms with Gasteiger partial charge in [-0.3, -0.25) is 0 Å². The fourth-order valence-electron chi connectivity index (χ4n) is 1.52. The molecule has 0 saturated carbocycles. The standard InChI is InChI=1S/C13H9FO3/c14-12-7-9(3-6-11(12)13(16)17)8-1-4-10(15)5-2-8/h1-7,15H,(H,16,17). The van der Waals surface area contributed by atoms with Crippen molar-refractivity contribution in [3.05, 3.63) is 53.8 Å². The SMILES string of the molecule is O=C(O)c1ccc(-c2ccc(O)cc2)cc1F. The molecule has 0 aliphatic carbocycles. The average Bonchev–Trinajstić information content (AvgIpc) is 2.29. The molecule has 0 aromatic heterocycles. The first-order chi connectivity index (χ1) is 8.08. The molecule has 0 heterocycles. The Labute approximate surface area is 96.8 Å². The molecule has 0 bridgehead atoms. The highest BCUT2D eigenvalue weighted by molar-refractivity contribution is 5.88. The van der Waals surface area contributed by atoms with E-state index in [1.54, 1.807) is 12.1 Å². The van der Waals surface area contributed by atoms with E-state index < -0.39 is 11.8 Å². The Kier molecular flexibility index (Phi) is 2.78. The number of phenolic OH excluding ortho intramolecular Hbond substituents is 1. The van der Waals surface area contributed by atoms with Crippen LogP contribution in [-0.4, -0.2) is 16.2 Å². The van der Waals surface area contributed by atoms with E-state index in [2.05, 4.69) is 0 Å². The zero-order valence-corrected chi connectivity index (χ0v) is 8.72. The maximum Gasteiger partial charge on any atom is 0.338 e. The van der Waals surface area contributed by atoms with E-state index in [1.165, 1.54) is 24.3 Å². The maximum absolute atomic E-state index is 13.4. The van der Waals surface area contributed by atoms with Gasteiger partial charge in [0.1, 0.15) is 11.6 Å². The molecule has 0 spiro atoms. The van der Waals surface area contributed by atoms with Gasteiger partial charge < -0.3 is 10.2 Å². The van der Waals surface area contributed by atoms with Crippen LogP contribution >= 0.6 is 0 Å². The Hall–Kier alpha value is -2.36. The number of hydrogen-bond acceptors (Lipinski definition) is 2.